The van der Waals surface area contributed by atoms with Crippen LogP contribution >= 0.6 is 46.4 Å². The molecule has 10 rings (SSSR count). The molecule has 0 amide bonds. The van der Waals surface area contributed by atoms with E-state index in [9.17, 15) is 28.8 Å². The van der Waals surface area contributed by atoms with E-state index >= 15 is 0 Å². The van der Waals surface area contributed by atoms with Crippen molar-refractivity contribution < 1.29 is 62.6 Å². The summed E-state index contributed by atoms with van der Waals surface area (Å²) in [6, 6.07) is 47.1. The van der Waals surface area contributed by atoms with Crippen LogP contribution in [0.3, 0.4) is 0 Å². The fourth-order valence-electron chi connectivity index (χ4n) is 11.5. The van der Waals surface area contributed by atoms with Crippen molar-refractivity contribution in [3.8, 4) is 11.4 Å². The van der Waals surface area contributed by atoms with Crippen LogP contribution in [-0.2, 0) is 53.0 Å². The molecular formula is C78H70Cl4N6O13. The fraction of sp³-hybridized carbons (Fsp3) is 0.231. The van der Waals surface area contributed by atoms with Crippen molar-refractivity contribution in [2.24, 2.45) is 20.6 Å². The third-order valence-corrected chi connectivity index (χ3v) is 17.4. The van der Waals surface area contributed by atoms with Gasteiger partial charge < -0.3 is 38.1 Å². The van der Waals surface area contributed by atoms with Crippen LogP contribution in [0, 0.1) is 0 Å². The second-order valence-corrected chi connectivity index (χ2v) is 25.2. The lowest BCUT2D eigenvalue weighted by Crippen LogP contribution is -2.11. The molecule has 0 spiro atoms. The summed E-state index contributed by atoms with van der Waals surface area (Å²) in [6.45, 7) is 9.43. The summed E-state index contributed by atoms with van der Waals surface area (Å²) in [7, 11) is 0. The Balaban J connectivity index is 0.876. The quantitative estimate of drug-likeness (QED) is 0.00750. The first-order chi connectivity index (χ1) is 48.8. The maximum absolute atomic E-state index is 14.1. The van der Waals surface area contributed by atoms with E-state index in [4.69, 9.17) is 80.3 Å². The van der Waals surface area contributed by atoms with E-state index in [2.05, 4.69) is 43.6 Å². The fourth-order valence-corrected chi connectivity index (χ4v) is 12.5. The van der Waals surface area contributed by atoms with Gasteiger partial charge in [0.15, 0.2) is 11.6 Å². The topological polar surface area (TPSA) is 226 Å². The molecule has 0 saturated carbocycles. The predicted octanol–water partition coefficient (Wildman–Crippen LogP) is 18.8. The van der Waals surface area contributed by atoms with Gasteiger partial charge in [-0.15, -0.1) is 0 Å². The summed E-state index contributed by atoms with van der Waals surface area (Å²) in [5.74, 6) is -2.96. The van der Waals surface area contributed by atoms with E-state index in [0.717, 1.165) is 93.9 Å². The molecule has 10 aromatic rings. The molecule has 23 heteroatoms. The third kappa shape index (κ3) is 18.5. The molecule has 0 radical (unpaired) electrons. The average Bonchev–Trinajstić information content (AvgIpc) is 1.60. The minimum absolute atomic E-state index is 0.0427. The smallest absolute Gasteiger partial charge is 0.332 e. The Hall–Kier alpha value is -10.1. The van der Waals surface area contributed by atoms with Crippen LogP contribution in [0.2, 0.25) is 20.1 Å². The first-order valence-corrected chi connectivity index (χ1v) is 34.2. The molecule has 518 valence electrons. The summed E-state index contributed by atoms with van der Waals surface area (Å²) in [4.78, 5) is 108. The number of hydrogen-bond donors (Lipinski definition) is 0. The molecule has 0 N–H and O–H groups in total. The molecular weight excluding hydrogens is 1370 g/mol. The van der Waals surface area contributed by atoms with Crippen molar-refractivity contribution in [3.63, 3.8) is 0 Å². The number of ketones is 2. The van der Waals surface area contributed by atoms with E-state index in [1.165, 1.54) is 52.2 Å². The van der Waals surface area contributed by atoms with Gasteiger partial charge in [0.25, 0.3) is 0 Å². The SMILES string of the molecule is CCCCCC(=NOC(C)=O)c1ccc(-n2c3ccc(C(=O)c4ccc(Cl)cc4Cl)cc3c3cc(C(C=COOCCOCCC(=NOC(C)=O)c4ccc5c(c4)c4cc(C(=O)c6ccc(Cl)cc6Cl)ccc4n5-c4ccc(C(CCCCC)=NOC(C)=O)cc4)=NOC(C)=O)ccc32)cc1. The highest BCUT2D eigenvalue weighted by atomic mass is 35.5. The maximum Gasteiger partial charge on any atom is 0.332 e. The van der Waals surface area contributed by atoms with Crippen LogP contribution in [0.25, 0.3) is 55.0 Å². The van der Waals surface area contributed by atoms with Crippen LogP contribution in [0.4, 0.5) is 0 Å². The summed E-state index contributed by atoms with van der Waals surface area (Å²) in [6.07, 6.45) is 9.81. The van der Waals surface area contributed by atoms with Crippen molar-refractivity contribution >= 4 is 148 Å². The number of benzene rings is 8. The second-order valence-electron chi connectivity index (χ2n) is 23.5. The van der Waals surface area contributed by atoms with Crippen molar-refractivity contribution in [2.45, 2.75) is 99.3 Å². The highest BCUT2D eigenvalue weighted by Gasteiger charge is 2.23. The van der Waals surface area contributed by atoms with Crippen LogP contribution in [0.5, 0.6) is 0 Å². The van der Waals surface area contributed by atoms with E-state index in [-0.39, 0.29) is 64.7 Å². The lowest BCUT2D eigenvalue weighted by molar-refractivity contribution is -0.254. The molecule has 0 aliphatic heterocycles. The standard InChI is InChI=1S/C78H70Cl4N6O13/c1-7-9-11-13-69(83-98-47(3)89)51-15-25-59(26-16-51)87-73-31-19-53(41-63(73)65-43-55(21-33-75(65)87)77(93)61-29-23-57(79)45-67(61)81)71(85-100-49(5)91)35-37-95-39-40-97-96-38-36-72(86-101-50(6)92)54-20-32-74-64(42-54)66-44-56(78(94)62-30-24-58(80)46-68(62)82)22-34-76(66)88(74)60-27-17-52(18-28-60)70(14-12-10-8-2)84-99-48(4)90/h15-34,36,38,41-46H,7-14,35,37,39-40H2,1-6H3. The van der Waals surface area contributed by atoms with Crippen LogP contribution in [0.15, 0.2) is 191 Å². The van der Waals surface area contributed by atoms with Gasteiger partial charge in [-0.3, -0.25) is 9.59 Å². The molecule has 2 aromatic heterocycles. The van der Waals surface area contributed by atoms with E-state index in [1.54, 1.807) is 48.5 Å². The van der Waals surface area contributed by atoms with Crippen molar-refractivity contribution in [3.05, 3.63) is 235 Å². The third-order valence-electron chi connectivity index (χ3n) is 16.3. The number of allylic oxidation sites excluding steroid dienone is 1. The van der Waals surface area contributed by atoms with E-state index in [0.29, 0.717) is 73.0 Å². The normalized spacial score (nSPS) is 12.3. The lowest BCUT2D eigenvalue weighted by atomic mass is 10.00. The van der Waals surface area contributed by atoms with Gasteiger partial charge in [-0.1, -0.05) is 143 Å². The van der Waals surface area contributed by atoms with Gasteiger partial charge in [0, 0.05) is 117 Å². The zero-order valence-electron chi connectivity index (χ0n) is 56.2. The molecule has 0 bridgehead atoms. The minimum atomic E-state index is -0.670. The zero-order valence-corrected chi connectivity index (χ0v) is 59.2. The van der Waals surface area contributed by atoms with Crippen LogP contribution in [0.1, 0.15) is 153 Å². The van der Waals surface area contributed by atoms with Gasteiger partial charge >= 0.3 is 23.9 Å². The first kappa shape index (κ1) is 73.6. The number of ether oxygens (including phenoxy) is 1. The van der Waals surface area contributed by atoms with Gasteiger partial charge in [-0.2, -0.15) is 4.89 Å². The van der Waals surface area contributed by atoms with Crippen molar-refractivity contribution in [1.29, 1.82) is 0 Å². The summed E-state index contributed by atoms with van der Waals surface area (Å²) in [5, 5.41) is 20.9. The zero-order chi connectivity index (χ0) is 71.7. The Morgan fingerprint density at radius 3 is 1.19 bits per heavy atom. The molecule has 0 fully saturated rings. The number of oxime groups is 4. The van der Waals surface area contributed by atoms with Gasteiger partial charge in [-0.25, -0.2) is 19.2 Å². The number of nitrogens with zero attached hydrogens (tertiary/aromatic N) is 6. The van der Waals surface area contributed by atoms with Gasteiger partial charge in [0.05, 0.1) is 62.5 Å². The molecule has 0 unspecified atom stereocenters. The molecule has 101 heavy (non-hydrogen) atoms. The highest BCUT2D eigenvalue weighted by Crippen LogP contribution is 2.38. The Morgan fingerprint density at radius 2 is 0.772 bits per heavy atom. The molecule has 0 aliphatic rings. The number of hydrogen-bond acceptors (Lipinski definition) is 17. The Morgan fingerprint density at radius 1 is 0.396 bits per heavy atom. The maximum atomic E-state index is 14.1. The monoisotopic (exact) mass is 1440 g/mol. The average molecular weight is 1440 g/mol. The van der Waals surface area contributed by atoms with E-state index < -0.39 is 23.9 Å². The van der Waals surface area contributed by atoms with Crippen molar-refractivity contribution in [2.75, 3.05) is 19.8 Å². The van der Waals surface area contributed by atoms with Crippen LogP contribution < -0.4 is 0 Å². The summed E-state index contributed by atoms with van der Waals surface area (Å²) >= 11 is 25.5. The Bertz CT molecular complexity index is 4960. The number of halogens is 4. The number of fused-ring (bicyclic) bond motifs is 6. The van der Waals surface area contributed by atoms with Crippen molar-refractivity contribution in [1.82, 2.24) is 9.13 Å². The van der Waals surface area contributed by atoms with Gasteiger partial charge in [0.1, 0.15) is 18.6 Å². The Labute approximate surface area is 602 Å². The highest BCUT2D eigenvalue weighted by molar-refractivity contribution is 6.38. The largest absolute Gasteiger partial charge is 0.378 e. The molecule has 2 heterocycles. The predicted molar refractivity (Wildman–Crippen MR) is 394 cm³/mol. The second kappa shape index (κ2) is 34.8. The molecule has 19 nitrogen and oxygen atoms in total. The molecule has 0 aliphatic carbocycles. The Kier molecular flexibility index (Phi) is 25.3. The molecule has 8 aromatic carbocycles. The first-order valence-electron chi connectivity index (χ1n) is 32.7. The molecule has 0 atom stereocenters. The van der Waals surface area contributed by atoms with Crippen LogP contribution in [-0.4, -0.2) is 87.2 Å². The number of carbonyl (C=O) groups excluding carboxylic acids is 6. The number of aromatic nitrogens is 2. The summed E-state index contributed by atoms with van der Waals surface area (Å²) in [5.41, 5.74) is 10.5. The van der Waals surface area contributed by atoms with Gasteiger partial charge in [-0.05, 0) is 158 Å². The minimum Gasteiger partial charge on any atom is -0.378 e. The lowest BCUT2D eigenvalue weighted by Gasteiger charge is -2.11. The number of carbonyl (C=O) groups is 6. The summed E-state index contributed by atoms with van der Waals surface area (Å²) < 4.78 is 10.1. The van der Waals surface area contributed by atoms with Gasteiger partial charge in [0.2, 0.25) is 0 Å². The molecule has 0 saturated heterocycles. The van der Waals surface area contributed by atoms with E-state index in [1.807, 2.05) is 97.1 Å². The number of rotatable bonds is 31. The number of unbranched alkanes of at least 4 members (excludes halogenated alkanes) is 4.